The number of amides is 2. The zero-order chi connectivity index (χ0) is 17.4. The van der Waals surface area contributed by atoms with Gasteiger partial charge in [-0.3, -0.25) is 5.32 Å². The van der Waals surface area contributed by atoms with E-state index in [1.807, 2.05) is 26.0 Å². The van der Waals surface area contributed by atoms with E-state index in [0.29, 0.717) is 12.3 Å². The first-order valence-electron chi connectivity index (χ1n) is 8.16. The molecule has 3 N–H and O–H groups in total. The molecule has 4 rings (SSSR count). The highest BCUT2D eigenvalue weighted by Gasteiger charge is 2.12. The Labute approximate surface area is 144 Å². The van der Waals surface area contributed by atoms with Gasteiger partial charge in [-0.1, -0.05) is 18.2 Å². The van der Waals surface area contributed by atoms with Gasteiger partial charge in [0.15, 0.2) is 0 Å². The highest BCUT2D eigenvalue weighted by molar-refractivity contribution is 5.87. The molecule has 0 radical (unpaired) electrons. The lowest BCUT2D eigenvalue weighted by Crippen LogP contribution is -2.28. The number of carbonyl (C=O) groups is 1. The molecule has 0 spiro atoms. The summed E-state index contributed by atoms with van der Waals surface area (Å²) in [6.45, 7) is 6.06. The molecule has 8 nitrogen and oxygen atoms in total. The van der Waals surface area contributed by atoms with Crippen molar-refractivity contribution in [1.82, 2.24) is 30.2 Å². The van der Waals surface area contributed by atoms with Gasteiger partial charge < -0.3 is 10.6 Å². The van der Waals surface area contributed by atoms with Crippen LogP contribution < -0.4 is 16.0 Å². The van der Waals surface area contributed by atoms with Crippen LogP contribution in [0.1, 0.15) is 28.1 Å². The molecule has 8 heteroatoms. The molecular formula is C17H19N7O. The standard InChI is InChI=1S/C17H19N7O/c1-10-5-11(2)24-16(20-10)21-15(23-24)22-17(25)19-7-12-3-4-13-8-18-9-14(13)6-12/h3-6,18H,7-9H2,1-2H3,(H2,19,22,23,25). The Morgan fingerprint density at radius 3 is 2.92 bits per heavy atom. The average molecular weight is 337 g/mol. The van der Waals surface area contributed by atoms with Crippen LogP contribution >= 0.6 is 0 Å². The van der Waals surface area contributed by atoms with Crippen molar-refractivity contribution in [3.05, 3.63) is 52.3 Å². The molecule has 25 heavy (non-hydrogen) atoms. The summed E-state index contributed by atoms with van der Waals surface area (Å²) in [4.78, 5) is 20.6. The van der Waals surface area contributed by atoms with E-state index in [4.69, 9.17) is 0 Å². The van der Waals surface area contributed by atoms with Gasteiger partial charge in [0.1, 0.15) is 0 Å². The molecule has 1 aliphatic rings. The fourth-order valence-electron chi connectivity index (χ4n) is 3.01. The van der Waals surface area contributed by atoms with Crippen LogP contribution in [0.3, 0.4) is 0 Å². The smallest absolute Gasteiger partial charge is 0.321 e. The third kappa shape index (κ3) is 3.16. The van der Waals surface area contributed by atoms with Gasteiger partial charge in [0, 0.05) is 31.0 Å². The Balaban J connectivity index is 1.41. The molecule has 2 amide bonds. The summed E-state index contributed by atoms with van der Waals surface area (Å²) in [5.74, 6) is 0.704. The van der Waals surface area contributed by atoms with E-state index in [9.17, 15) is 4.79 Å². The predicted octanol–water partition coefficient (Wildman–Crippen LogP) is 1.67. The first-order chi connectivity index (χ1) is 12.1. The van der Waals surface area contributed by atoms with Crippen molar-refractivity contribution in [2.24, 2.45) is 0 Å². The predicted molar refractivity (Wildman–Crippen MR) is 93.1 cm³/mol. The number of hydrogen-bond acceptors (Lipinski definition) is 5. The number of hydrogen-bond donors (Lipinski definition) is 3. The van der Waals surface area contributed by atoms with Gasteiger partial charge in [-0.05, 0) is 36.6 Å². The van der Waals surface area contributed by atoms with E-state index < -0.39 is 0 Å². The molecule has 0 fully saturated rings. The molecule has 0 bridgehead atoms. The largest absolute Gasteiger partial charge is 0.334 e. The van der Waals surface area contributed by atoms with Crippen molar-refractivity contribution in [2.75, 3.05) is 5.32 Å². The summed E-state index contributed by atoms with van der Waals surface area (Å²) in [7, 11) is 0. The van der Waals surface area contributed by atoms with Crippen LogP contribution in [0.5, 0.6) is 0 Å². The number of fused-ring (bicyclic) bond motifs is 2. The molecule has 128 valence electrons. The number of urea groups is 1. The number of anilines is 1. The number of benzene rings is 1. The van der Waals surface area contributed by atoms with Crippen molar-refractivity contribution in [2.45, 2.75) is 33.5 Å². The Bertz CT molecular complexity index is 963. The Kier molecular flexibility index (Phi) is 3.81. The molecular weight excluding hydrogens is 318 g/mol. The fourth-order valence-corrected chi connectivity index (χ4v) is 3.01. The third-order valence-corrected chi connectivity index (χ3v) is 4.20. The Morgan fingerprint density at radius 1 is 1.20 bits per heavy atom. The van der Waals surface area contributed by atoms with Crippen molar-refractivity contribution in [1.29, 1.82) is 0 Å². The number of nitrogens with zero attached hydrogens (tertiary/aromatic N) is 4. The van der Waals surface area contributed by atoms with Gasteiger partial charge >= 0.3 is 6.03 Å². The van der Waals surface area contributed by atoms with E-state index in [0.717, 1.165) is 30.0 Å². The second kappa shape index (κ2) is 6.14. The quantitative estimate of drug-likeness (QED) is 0.675. The molecule has 3 aromatic rings. The van der Waals surface area contributed by atoms with E-state index >= 15 is 0 Å². The third-order valence-electron chi connectivity index (χ3n) is 4.20. The minimum Gasteiger partial charge on any atom is -0.334 e. The van der Waals surface area contributed by atoms with Crippen LogP contribution in [-0.2, 0) is 19.6 Å². The number of aryl methyl sites for hydroxylation is 2. The summed E-state index contributed by atoms with van der Waals surface area (Å²) < 4.78 is 1.61. The maximum absolute atomic E-state index is 12.1. The minimum atomic E-state index is -0.344. The average Bonchev–Trinajstić information content (AvgIpc) is 3.18. The Hall–Kier alpha value is -3.00. The van der Waals surface area contributed by atoms with E-state index in [-0.39, 0.29) is 12.0 Å². The number of carbonyl (C=O) groups excluding carboxylic acids is 1. The second-order valence-corrected chi connectivity index (χ2v) is 6.20. The summed E-state index contributed by atoms with van der Waals surface area (Å²) >= 11 is 0. The van der Waals surface area contributed by atoms with E-state index in [1.165, 1.54) is 11.1 Å². The van der Waals surface area contributed by atoms with Gasteiger partial charge in [-0.25, -0.2) is 9.78 Å². The van der Waals surface area contributed by atoms with E-state index in [2.05, 4.69) is 43.1 Å². The van der Waals surface area contributed by atoms with Crippen LogP contribution in [0.15, 0.2) is 24.3 Å². The zero-order valence-electron chi connectivity index (χ0n) is 14.1. The van der Waals surface area contributed by atoms with Gasteiger partial charge in [0.2, 0.25) is 0 Å². The fraction of sp³-hybridized carbons (Fsp3) is 0.294. The molecule has 0 saturated carbocycles. The molecule has 1 aliphatic heterocycles. The maximum Gasteiger partial charge on any atom is 0.321 e. The minimum absolute atomic E-state index is 0.233. The summed E-state index contributed by atoms with van der Waals surface area (Å²) in [6.07, 6.45) is 0. The number of nitrogens with one attached hydrogen (secondary N) is 3. The van der Waals surface area contributed by atoms with E-state index in [1.54, 1.807) is 4.52 Å². The highest BCUT2D eigenvalue weighted by atomic mass is 16.2. The molecule has 0 atom stereocenters. The zero-order valence-corrected chi connectivity index (χ0v) is 14.1. The molecule has 0 saturated heterocycles. The molecule has 0 aliphatic carbocycles. The van der Waals surface area contributed by atoms with Crippen LogP contribution in [0.25, 0.3) is 5.78 Å². The maximum atomic E-state index is 12.1. The molecule has 2 aromatic heterocycles. The SMILES string of the molecule is Cc1cc(C)n2nc(NC(=O)NCc3ccc4c(c3)CNC4)nc2n1. The van der Waals surface area contributed by atoms with Crippen molar-refractivity contribution < 1.29 is 4.79 Å². The first kappa shape index (κ1) is 15.5. The van der Waals surface area contributed by atoms with Crippen LogP contribution in [0, 0.1) is 13.8 Å². The topological polar surface area (TPSA) is 96.2 Å². The van der Waals surface area contributed by atoms with Crippen molar-refractivity contribution in [3.63, 3.8) is 0 Å². The summed E-state index contributed by atoms with van der Waals surface area (Å²) in [6, 6.07) is 7.82. The van der Waals surface area contributed by atoms with Crippen molar-refractivity contribution in [3.8, 4) is 0 Å². The Morgan fingerprint density at radius 2 is 2.04 bits per heavy atom. The van der Waals surface area contributed by atoms with Crippen LogP contribution in [0.2, 0.25) is 0 Å². The molecule has 3 heterocycles. The van der Waals surface area contributed by atoms with Crippen LogP contribution in [-0.4, -0.2) is 25.6 Å². The normalized spacial score (nSPS) is 13.0. The first-order valence-corrected chi connectivity index (χ1v) is 8.16. The van der Waals surface area contributed by atoms with Crippen molar-refractivity contribution >= 4 is 17.8 Å². The molecule has 1 aromatic carbocycles. The van der Waals surface area contributed by atoms with Gasteiger partial charge in [-0.2, -0.15) is 9.50 Å². The molecule has 0 unspecified atom stereocenters. The highest BCUT2D eigenvalue weighted by Crippen LogP contribution is 2.17. The number of aromatic nitrogens is 4. The van der Waals surface area contributed by atoms with Gasteiger partial charge in [-0.15, -0.1) is 5.10 Å². The second-order valence-electron chi connectivity index (χ2n) is 6.20. The van der Waals surface area contributed by atoms with Gasteiger partial charge in [0.25, 0.3) is 11.7 Å². The van der Waals surface area contributed by atoms with Crippen LogP contribution in [0.4, 0.5) is 10.7 Å². The number of rotatable bonds is 3. The lowest BCUT2D eigenvalue weighted by Gasteiger charge is -2.07. The lowest BCUT2D eigenvalue weighted by atomic mass is 10.1. The monoisotopic (exact) mass is 337 g/mol. The van der Waals surface area contributed by atoms with Gasteiger partial charge in [0.05, 0.1) is 0 Å². The lowest BCUT2D eigenvalue weighted by molar-refractivity contribution is 0.251. The summed E-state index contributed by atoms with van der Waals surface area (Å²) in [5.41, 5.74) is 5.45. The summed E-state index contributed by atoms with van der Waals surface area (Å²) in [5, 5.41) is 13.1.